The van der Waals surface area contributed by atoms with Gasteiger partial charge in [-0.15, -0.1) is 0 Å². The molecule has 5 heteroatoms. The Labute approximate surface area is 119 Å². The molecule has 0 heterocycles. The van der Waals surface area contributed by atoms with Crippen LogP contribution in [-0.2, 0) is 11.3 Å². The Hall–Kier alpha value is -1.46. The minimum atomic E-state index is -0.372. The van der Waals surface area contributed by atoms with Crippen LogP contribution in [0.1, 0.15) is 44.1 Å². The number of hydrogen-bond acceptors (Lipinski definition) is 4. The van der Waals surface area contributed by atoms with Crippen molar-refractivity contribution in [2.24, 2.45) is 5.73 Å². The third kappa shape index (κ3) is 4.02. The Morgan fingerprint density at radius 2 is 1.85 bits per heavy atom. The van der Waals surface area contributed by atoms with Gasteiger partial charge in [-0.3, -0.25) is 10.1 Å². The molecule has 1 aromatic rings. The van der Waals surface area contributed by atoms with Crippen molar-refractivity contribution in [3.63, 3.8) is 0 Å². The van der Waals surface area contributed by atoms with Gasteiger partial charge >= 0.3 is 0 Å². The van der Waals surface area contributed by atoms with Crippen LogP contribution in [-0.4, -0.2) is 17.1 Å². The third-order valence-electron chi connectivity index (χ3n) is 3.93. The minimum absolute atomic E-state index is 0.111. The van der Waals surface area contributed by atoms with Gasteiger partial charge in [0.2, 0.25) is 0 Å². The molecule has 0 unspecified atom stereocenters. The van der Waals surface area contributed by atoms with E-state index in [1.54, 1.807) is 18.2 Å². The van der Waals surface area contributed by atoms with Crippen LogP contribution in [0.2, 0.25) is 0 Å². The van der Waals surface area contributed by atoms with E-state index in [9.17, 15) is 10.1 Å². The summed E-state index contributed by atoms with van der Waals surface area (Å²) >= 11 is 0. The summed E-state index contributed by atoms with van der Waals surface area (Å²) in [7, 11) is 0. The Balaban J connectivity index is 1.91. The maximum Gasteiger partial charge on any atom is 0.274 e. The van der Waals surface area contributed by atoms with Crippen molar-refractivity contribution < 1.29 is 9.66 Å². The number of nitrogens with zero attached hydrogens (tertiary/aromatic N) is 1. The molecular weight excluding hydrogens is 256 g/mol. The summed E-state index contributed by atoms with van der Waals surface area (Å²) < 4.78 is 5.68. The van der Waals surface area contributed by atoms with Crippen LogP contribution in [0.25, 0.3) is 0 Å². The van der Waals surface area contributed by atoms with E-state index in [-0.39, 0.29) is 22.8 Å². The standard InChI is InChI=1S/C15H22N2O3/c16-15(9-5-1-2-6-10-15)12-20-11-13-7-3-4-8-14(13)17(18)19/h3-4,7-8H,1-2,5-6,9-12,16H2. The van der Waals surface area contributed by atoms with Crippen LogP contribution in [0.5, 0.6) is 0 Å². The Bertz CT molecular complexity index is 454. The lowest BCUT2D eigenvalue weighted by atomic mass is 9.92. The second-order valence-corrected chi connectivity index (χ2v) is 5.66. The number of hydrogen-bond donors (Lipinski definition) is 1. The van der Waals surface area contributed by atoms with Gasteiger partial charge in [0.15, 0.2) is 0 Å². The largest absolute Gasteiger partial charge is 0.375 e. The topological polar surface area (TPSA) is 78.4 Å². The lowest BCUT2D eigenvalue weighted by molar-refractivity contribution is -0.386. The van der Waals surface area contributed by atoms with Gasteiger partial charge in [-0.2, -0.15) is 0 Å². The molecule has 0 bridgehead atoms. The predicted octanol–water partition coefficient (Wildman–Crippen LogP) is 3.16. The first-order chi connectivity index (χ1) is 9.61. The number of nitro groups is 1. The smallest absolute Gasteiger partial charge is 0.274 e. The van der Waals surface area contributed by atoms with Gasteiger partial charge in [0, 0.05) is 11.6 Å². The van der Waals surface area contributed by atoms with Crippen molar-refractivity contribution in [3.05, 3.63) is 39.9 Å². The summed E-state index contributed by atoms with van der Waals surface area (Å²) in [6.45, 7) is 0.717. The van der Waals surface area contributed by atoms with Gasteiger partial charge < -0.3 is 10.5 Å². The maximum atomic E-state index is 10.9. The molecule has 1 aromatic carbocycles. The summed E-state index contributed by atoms with van der Waals surface area (Å²) in [5, 5.41) is 10.9. The molecule has 0 aliphatic heterocycles. The number of nitro benzene ring substituents is 1. The lowest BCUT2D eigenvalue weighted by Gasteiger charge is -2.27. The highest BCUT2D eigenvalue weighted by molar-refractivity contribution is 5.39. The van der Waals surface area contributed by atoms with Crippen LogP contribution < -0.4 is 5.73 Å². The van der Waals surface area contributed by atoms with Crippen molar-refractivity contribution in [2.75, 3.05) is 6.61 Å². The van der Waals surface area contributed by atoms with Gasteiger partial charge in [0.05, 0.1) is 23.7 Å². The molecule has 0 aromatic heterocycles. The van der Waals surface area contributed by atoms with Gasteiger partial charge in [0.25, 0.3) is 5.69 Å². The molecule has 2 rings (SSSR count). The average Bonchev–Trinajstić information content (AvgIpc) is 2.64. The summed E-state index contributed by atoms with van der Waals surface area (Å²) in [5.74, 6) is 0. The maximum absolute atomic E-state index is 10.9. The monoisotopic (exact) mass is 278 g/mol. The fourth-order valence-electron chi connectivity index (χ4n) is 2.75. The second kappa shape index (κ2) is 6.81. The fourth-order valence-corrected chi connectivity index (χ4v) is 2.75. The molecule has 20 heavy (non-hydrogen) atoms. The van der Waals surface area contributed by atoms with Crippen LogP contribution >= 0.6 is 0 Å². The lowest BCUT2D eigenvalue weighted by Crippen LogP contribution is -2.43. The molecule has 5 nitrogen and oxygen atoms in total. The van der Waals surface area contributed by atoms with Crippen molar-refractivity contribution in [2.45, 2.75) is 50.7 Å². The fraction of sp³-hybridized carbons (Fsp3) is 0.600. The van der Waals surface area contributed by atoms with E-state index in [0.29, 0.717) is 12.2 Å². The van der Waals surface area contributed by atoms with E-state index < -0.39 is 0 Å². The molecular formula is C15H22N2O3. The minimum Gasteiger partial charge on any atom is -0.375 e. The molecule has 0 radical (unpaired) electrons. The van der Waals surface area contributed by atoms with Crippen LogP contribution in [0.15, 0.2) is 24.3 Å². The SMILES string of the molecule is NC1(COCc2ccccc2[N+](=O)[O-])CCCCCC1. The summed E-state index contributed by atoms with van der Waals surface area (Å²) in [5.41, 5.74) is 6.82. The molecule has 1 fully saturated rings. The van der Waals surface area contributed by atoms with Crippen molar-refractivity contribution >= 4 is 5.69 Å². The predicted molar refractivity (Wildman–Crippen MR) is 77.4 cm³/mol. The van der Waals surface area contributed by atoms with Gasteiger partial charge in [-0.05, 0) is 18.9 Å². The quantitative estimate of drug-likeness (QED) is 0.510. The average molecular weight is 278 g/mol. The first-order valence-electron chi connectivity index (χ1n) is 7.20. The number of rotatable bonds is 5. The van der Waals surface area contributed by atoms with Crippen LogP contribution in [0, 0.1) is 10.1 Å². The van der Waals surface area contributed by atoms with E-state index in [2.05, 4.69) is 0 Å². The van der Waals surface area contributed by atoms with Gasteiger partial charge in [-0.1, -0.05) is 37.8 Å². The number of para-hydroxylation sites is 1. The van der Waals surface area contributed by atoms with Gasteiger partial charge in [0.1, 0.15) is 0 Å². The Kier molecular flexibility index (Phi) is 5.09. The highest BCUT2D eigenvalue weighted by atomic mass is 16.6. The second-order valence-electron chi connectivity index (χ2n) is 5.66. The highest BCUT2D eigenvalue weighted by Crippen LogP contribution is 2.26. The zero-order valence-corrected chi connectivity index (χ0v) is 11.7. The number of nitrogens with two attached hydrogens (primary N) is 1. The molecule has 0 spiro atoms. The Morgan fingerprint density at radius 3 is 2.50 bits per heavy atom. The molecule has 2 N–H and O–H groups in total. The van der Waals surface area contributed by atoms with Crippen LogP contribution in [0.4, 0.5) is 5.69 Å². The van der Waals surface area contributed by atoms with Crippen molar-refractivity contribution in [1.82, 2.24) is 0 Å². The van der Waals surface area contributed by atoms with E-state index in [0.717, 1.165) is 25.7 Å². The molecule has 1 aliphatic carbocycles. The van der Waals surface area contributed by atoms with Gasteiger partial charge in [-0.25, -0.2) is 0 Å². The van der Waals surface area contributed by atoms with E-state index >= 15 is 0 Å². The zero-order chi connectivity index (χ0) is 14.4. The third-order valence-corrected chi connectivity index (χ3v) is 3.93. The van der Waals surface area contributed by atoms with Crippen molar-refractivity contribution in [3.8, 4) is 0 Å². The van der Waals surface area contributed by atoms with E-state index in [1.165, 1.54) is 18.9 Å². The Morgan fingerprint density at radius 1 is 1.20 bits per heavy atom. The number of benzene rings is 1. The molecule has 0 amide bonds. The molecule has 1 saturated carbocycles. The first-order valence-corrected chi connectivity index (χ1v) is 7.20. The summed E-state index contributed by atoms with van der Waals surface area (Å²) in [4.78, 5) is 10.5. The van der Waals surface area contributed by atoms with Crippen LogP contribution in [0.3, 0.4) is 0 Å². The van der Waals surface area contributed by atoms with E-state index in [4.69, 9.17) is 10.5 Å². The van der Waals surface area contributed by atoms with E-state index in [1.807, 2.05) is 0 Å². The normalized spacial score (nSPS) is 18.4. The molecule has 0 atom stereocenters. The van der Waals surface area contributed by atoms with Crippen molar-refractivity contribution in [1.29, 1.82) is 0 Å². The summed E-state index contributed by atoms with van der Waals surface area (Å²) in [6, 6.07) is 6.68. The highest BCUT2D eigenvalue weighted by Gasteiger charge is 2.26. The molecule has 110 valence electrons. The molecule has 1 aliphatic rings. The first kappa shape index (κ1) is 14.9. The molecule has 0 saturated heterocycles. The number of ether oxygens (including phenoxy) is 1. The zero-order valence-electron chi connectivity index (χ0n) is 11.7. The summed E-state index contributed by atoms with van der Waals surface area (Å²) in [6.07, 6.45) is 6.72.